The van der Waals surface area contributed by atoms with Gasteiger partial charge in [0.2, 0.25) is 0 Å². The molecule has 19 heavy (non-hydrogen) atoms. The number of ether oxygens (including phenoxy) is 1. The number of piperidine rings is 1. The summed E-state index contributed by atoms with van der Waals surface area (Å²) in [6.07, 6.45) is 2.58. The van der Waals surface area contributed by atoms with Gasteiger partial charge in [-0.05, 0) is 36.9 Å². The van der Waals surface area contributed by atoms with Crippen molar-refractivity contribution in [3.05, 3.63) is 24.3 Å². The lowest BCUT2D eigenvalue weighted by Crippen LogP contribution is -2.52. The van der Waals surface area contributed by atoms with Gasteiger partial charge in [-0.15, -0.1) is 0 Å². The molecule has 3 nitrogen and oxygen atoms in total. The number of hydrogen-bond acceptors (Lipinski definition) is 3. The van der Waals surface area contributed by atoms with E-state index in [2.05, 4.69) is 43.2 Å². The number of para-hydroxylation sites is 2. The minimum absolute atomic E-state index is 0.356. The summed E-state index contributed by atoms with van der Waals surface area (Å²) >= 11 is 0. The van der Waals surface area contributed by atoms with E-state index in [1.165, 1.54) is 12.8 Å². The Morgan fingerprint density at radius 2 is 2.11 bits per heavy atom. The molecule has 1 aliphatic heterocycles. The number of nitrogens with zero attached hydrogens (tertiary/aromatic N) is 1. The maximum Gasteiger partial charge on any atom is 0.142 e. The predicted octanol–water partition coefficient (Wildman–Crippen LogP) is 2.91. The first-order valence-electron chi connectivity index (χ1n) is 7.12. The van der Waals surface area contributed by atoms with Gasteiger partial charge in [-0.3, -0.25) is 0 Å². The van der Waals surface area contributed by atoms with E-state index in [0.717, 1.165) is 24.5 Å². The Morgan fingerprint density at radius 1 is 1.37 bits per heavy atom. The zero-order valence-corrected chi connectivity index (χ0v) is 12.6. The van der Waals surface area contributed by atoms with Crippen molar-refractivity contribution in [3.63, 3.8) is 0 Å². The minimum Gasteiger partial charge on any atom is -0.495 e. The third kappa shape index (κ3) is 3.21. The summed E-state index contributed by atoms with van der Waals surface area (Å²) < 4.78 is 5.45. The van der Waals surface area contributed by atoms with E-state index in [1.807, 2.05) is 12.1 Å². The molecule has 1 heterocycles. The highest BCUT2D eigenvalue weighted by Crippen LogP contribution is 2.33. The summed E-state index contributed by atoms with van der Waals surface area (Å²) in [6.45, 7) is 6.86. The number of likely N-dealkylation sites (N-methyl/N-ethyl adjacent to an activating group) is 1. The van der Waals surface area contributed by atoms with Gasteiger partial charge in [0.25, 0.3) is 0 Å². The molecule has 106 valence electrons. The van der Waals surface area contributed by atoms with Crippen molar-refractivity contribution in [2.24, 2.45) is 5.41 Å². The number of hydrogen-bond donors (Lipinski definition) is 1. The third-order valence-electron chi connectivity index (χ3n) is 4.28. The van der Waals surface area contributed by atoms with Crippen LogP contribution in [0.3, 0.4) is 0 Å². The van der Waals surface area contributed by atoms with Crippen molar-refractivity contribution in [1.29, 1.82) is 0 Å². The zero-order chi connectivity index (χ0) is 13.9. The average Bonchev–Trinajstić information content (AvgIpc) is 2.41. The number of rotatable bonds is 4. The second kappa shape index (κ2) is 5.83. The van der Waals surface area contributed by atoms with Gasteiger partial charge in [0.05, 0.1) is 12.8 Å². The van der Waals surface area contributed by atoms with Gasteiger partial charge in [-0.2, -0.15) is 0 Å². The first kappa shape index (κ1) is 14.2. The molecule has 0 aliphatic carbocycles. The Kier molecular flexibility index (Phi) is 4.35. The molecule has 1 saturated heterocycles. The van der Waals surface area contributed by atoms with Crippen LogP contribution in [0.4, 0.5) is 5.69 Å². The maximum absolute atomic E-state index is 5.45. The fourth-order valence-corrected chi connectivity index (χ4v) is 2.90. The van der Waals surface area contributed by atoms with Crippen LogP contribution in [-0.4, -0.2) is 33.3 Å². The van der Waals surface area contributed by atoms with Crippen molar-refractivity contribution in [2.45, 2.75) is 32.7 Å². The Labute approximate surface area is 116 Å². The molecule has 2 rings (SSSR count). The van der Waals surface area contributed by atoms with Crippen LogP contribution in [0.15, 0.2) is 24.3 Å². The largest absolute Gasteiger partial charge is 0.495 e. The Bertz CT molecular complexity index is 417. The van der Waals surface area contributed by atoms with Gasteiger partial charge in [0.1, 0.15) is 5.75 Å². The molecular weight excluding hydrogens is 236 g/mol. The van der Waals surface area contributed by atoms with Crippen LogP contribution in [0, 0.1) is 5.41 Å². The summed E-state index contributed by atoms with van der Waals surface area (Å²) in [4.78, 5) is 2.30. The molecule has 0 saturated carbocycles. The number of nitrogens with one attached hydrogen (secondary N) is 1. The Balaban J connectivity index is 2.09. The van der Waals surface area contributed by atoms with Gasteiger partial charge in [-0.25, -0.2) is 0 Å². The number of benzene rings is 1. The van der Waals surface area contributed by atoms with Gasteiger partial charge in [0, 0.05) is 19.6 Å². The SMILES string of the molecule is COc1ccccc1N(C)CC1NCCCC1(C)C. The lowest BCUT2D eigenvalue weighted by Gasteiger charge is -2.41. The van der Waals surface area contributed by atoms with E-state index in [4.69, 9.17) is 4.74 Å². The molecule has 1 unspecified atom stereocenters. The van der Waals surface area contributed by atoms with E-state index < -0.39 is 0 Å². The normalized spacial score (nSPS) is 22.0. The van der Waals surface area contributed by atoms with Crippen molar-refractivity contribution < 1.29 is 4.74 Å². The summed E-state index contributed by atoms with van der Waals surface area (Å²) in [5.74, 6) is 0.943. The molecule has 1 fully saturated rings. The molecule has 1 aromatic rings. The van der Waals surface area contributed by atoms with E-state index in [9.17, 15) is 0 Å². The number of methoxy groups -OCH3 is 1. The van der Waals surface area contributed by atoms with Crippen molar-refractivity contribution in [2.75, 3.05) is 32.1 Å². The fraction of sp³-hybridized carbons (Fsp3) is 0.625. The highest BCUT2D eigenvalue weighted by Gasteiger charge is 2.32. The summed E-state index contributed by atoms with van der Waals surface area (Å²) in [5.41, 5.74) is 1.52. The quantitative estimate of drug-likeness (QED) is 0.903. The lowest BCUT2D eigenvalue weighted by atomic mass is 9.77. The lowest BCUT2D eigenvalue weighted by molar-refractivity contribution is 0.183. The third-order valence-corrected chi connectivity index (χ3v) is 4.28. The molecule has 0 aromatic heterocycles. The van der Waals surface area contributed by atoms with E-state index in [0.29, 0.717) is 11.5 Å². The fourth-order valence-electron chi connectivity index (χ4n) is 2.90. The predicted molar refractivity (Wildman–Crippen MR) is 81.1 cm³/mol. The van der Waals surface area contributed by atoms with Gasteiger partial charge in [-0.1, -0.05) is 26.0 Å². The monoisotopic (exact) mass is 262 g/mol. The van der Waals surface area contributed by atoms with Crippen LogP contribution < -0.4 is 15.0 Å². The van der Waals surface area contributed by atoms with Gasteiger partial charge in [0.15, 0.2) is 0 Å². The van der Waals surface area contributed by atoms with Crippen molar-refractivity contribution in [3.8, 4) is 5.75 Å². The van der Waals surface area contributed by atoms with Crippen LogP contribution in [0.2, 0.25) is 0 Å². The Hall–Kier alpha value is -1.22. The standard InChI is InChI=1S/C16H26N2O/c1-16(2)10-7-11-17-15(16)12-18(3)13-8-5-6-9-14(13)19-4/h5-6,8-9,15,17H,7,10-12H2,1-4H3. The molecule has 0 radical (unpaired) electrons. The second-order valence-electron chi connectivity index (χ2n) is 6.15. The molecule has 1 aromatic carbocycles. The molecule has 1 atom stereocenters. The molecule has 1 aliphatic rings. The first-order chi connectivity index (χ1) is 9.04. The van der Waals surface area contributed by atoms with Crippen LogP contribution in [0.1, 0.15) is 26.7 Å². The minimum atomic E-state index is 0.356. The summed E-state index contributed by atoms with van der Waals surface area (Å²) in [7, 11) is 3.87. The molecule has 0 spiro atoms. The summed E-state index contributed by atoms with van der Waals surface area (Å²) in [6, 6.07) is 8.74. The zero-order valence-electron chi connectivity index (χ0n) is 12.6. The maximum atomic E-state index is 5.45. The molecule has 1 N–H and O–H groups in total. The molecule has 3 heteroatoms. The van der Waals surface area contributed by atoms with E-state index in [-0.39, 0.29) is 0 Å². The highest BCUT2D eigenvalue weighted by molar-refractivity contribution is 5.58. The molecule has 0 bridgehead atoms. The van der Waals surface area contributed by atoms with Crippen LogP contribution >= 0.6 is 0 Å². The van der Waals surface area contributed by atoms with Crippen LogP contribution in [0.25, 0.3) is 0 Å². The van der Waals surface area contributed by atoms with Crippen LogP contribution in [-0.2, 0) is 0 Å². The second-order valence-corrected chi connectivity index (χ2v) is 6.15. The molecule has 0 amide bonds. The van der Waals surface area contributed by atoms with E-state index >= 15 is 0 Å². The Morgan fingerprint density at radius 3 is 2.79 bits per heavy atom. The average molecular weight is 262 g/mol. The van der Waals surface area contributed by atoms with Crippen molar-refractivity contribution in [1.82, 2.24) is 5.32 Å². The van der Waals surface area contributed by atoms with Crippen molar-refractivity contribution >= 4 is 5.69 Å². The van der Waals surface area contributed by atoms with Gasteiger partial charge >= 0.3 is 0 Å². The smallest absolute Gasteiger partial charge is 0.142 e. The topological polar surface area (TPSA) is 24.5 Å². The number of anilines is 1. The first-order valence-corrected chi connectivity index (χ1v) is 7.12. The highest BCUT2D eigenvalue weighted by atomic mass is 16.5. The summed E-state index contributed by atoms with van der Waals surface area (Å²) in [5, 5.41) is 3.67. The molecular formula is C16H26N2O. The van der Waals surface area contributed by atoms with Crippen LogP contribution in [0.5, 0.6) is 5.75 Å². The van der Waals surface area contributed by atoms with Gasteiger partial charge < -0.3 is 15.0 Å². The van der Waals surface area contributed by atoms with E-state index in [1.54, 1.807) is 7.11 Å².